The van der Waals surface area contributed by atoms with Crippen molar-refractivity contribution < 1.29 is 37.5 Å². The normalized spacial score (nSPS) is 23.6. The number of aromatic amines is 1. The fourth-order valence-corrected chi connectivity index (χ4v) is 12.8. The SMILES string of the molecule is CC(=O)Nc1nc2[nH]ccc2cc1Oc1cc(N2CCC3(CC2)CC(N2CCC[C@H]2c2ccccc2C(C)C)C3)ccc1C(=O)NS(=O)(=O)c1cc2c(c([N+](=O)[O-])c1)N[C@@H](C1CCC(C)(O)CC1)CO2. The van der Waals surface area contributed by atoms with Crippen LogP contribution in [0.5, 0.6) is 17.2 Å². The summed E-state index contributed by atoms with van der Waals surface area (Å²) in [5.41, 5.74) is 3.07. The minimum absolute atomic E-state index is 0.0125. The average Bonchev–Trinajstić information content (AvgIpc) is 4.00. The van der Waals surface area contributed by atoms with Gasteiger partial charge in [0.2, 0.25) is 5.91 Å². The second-order valence-corrected chi connectivity index (χ2v) is 22.5. The van der Waals surface area contributed by atoms with Crippen LogP contribution >= 0.6 is 0 Å². The predicted molar refractivity (Wildman–Crippen MR) is 266 cm³/mol. The molecule has 10 rings (SSSR count). The third-order valence-electron chi connectivity index (χ3n) is 15.7. The van der Waals surface area contributed by atoms with Crippen molar-refractivity contribution in [2.24, 2.45) is 11.3 Å². The van der Waals surface area contributed by atoms with Gasteiger partial charge in [-0.15, -0.1) is 0 Å². The van der Waals surface area contributed by atoms with E-state index in [-0.39, 0.29) is 58.3 Å². The van der Waals surface area contributed by atoms with Crippen molar-refractivity contribution in [1.29, 1.82) is 0 Å². The van der Waals surface area contributed by atoms with Gasteiger partial charge in [-0.1, -0.05) is 38.1 Å². The van der Waals surface area contributed by atoms with Gasteiger partial charge < -0.3 is 35.1 Å². The number of aliphatic hydroxyl groups is 1. The number of rotatable bonds is 12. The summed E-state index contributed by atoms with van der Waals surface area (Å²) in [6, 6.07) is 20.2. The summed E-state index contributed by atoms with van der Waals surface area (Å²) in [7, 11) is -4.74. The molecule has 2 aromatic heterocycles. The molecule has 5 heterocycles. The number of piperidine rings is 1. The van der Waals surface area contributed by atoms with E-state index in [1.165, 1.54) is 43.0 Å². The Bertz CT molecular complexity index is 2950. The first-order valence-electron chi connectivity index (χ1n) is 24.6. The van der Waals surface area contributed by atoms with Crippen molar-refractivity contribution in [1.82, 2.24) is 19.6 Å². The lowest BCUT2D eigenvalue weighted by molar-refractivity contribution is -0.384. The fraction of sp³-hybridized carbons (Fsp3) is 0.481. The van der Waals surface area contributed by atoms with Crippen LogP contribution in [0.25, 0.3) is 11.0 Å². The largest absolute Gasteiger partial charge is 0.489 e. The van der Waals surface area contributed by atoms with Crippen LogP contribution in [0.4, 0.5) is 22.9 Å². The molecule has 70 heavy (non-hydrogen) atoms. The van der Waals surface area contributed by atoms with Crippen molar-refractivity contribution in [3.63, 3.8) is 0 Å². The van der Waals surface area contributed by atoms with Crippen LogP contribution in [0, 0.1) is 21.4 Å². The van der Waals surface area contributed by atoms with E-state index >= 15 is 0 Å². The van der Waals surface area contributed by atoms with Crippen molar-refractivity contribution >= 4 is 55.8 Å². The van der Waals surface area contributed by atoms with Gasteiger partial charge in [0.15, 0.2) is 23.0 Å². The Morgan fingerprint density at radius 2 is 1.74 bits per heavy atom. The van der Waals surface area contributed by atoms with E-state index in [0.29, 0.717) is 54.7 Å². The van der Waals surface area contributed by atoms with Crippen LogP contribution in [-0.4, -0.2) is 89.1 Å². The molecule has 2 aliphatic carbocycles. The average molecular weight is 975 g/mol. The van der Waals surface area contributed by atoms with E-state index in [1.807, 2.05) is 0 Å². The molecule has 2 amide bonds. The predicted octanol–water partition coefficient (Wildman–Crippen LogP) is 9.16. The molecule has 17 nitrogen and oxygen atoms in total. The number of carbonyl (C=O) groups is 2. The lowest BCUT2D eigenvalue weighted by atomic mass is 9.59. The number of benzene rings is 3. The highest BCUT2D eigenvalue weighted by Crippen LogP contribution is 2.54. The van der Waals surface area contributed by atoms with E-state index < -0.39 is 42.9 Å². The Balaban J connectivity index is 0.889. The molecule has 5 aliphatic rings. The Hall–Kier alpha value is -6.24. The number of hydrogen-bond donors (Lipinski definition) is 5. The fourth-order valence-electron chi connectivity index (χ4n) is 11.8. The van der Waals surface area contributed by atoms with Gasteiger partial charge in [0.1, 0.15) is 18.0 Å². The first-order chi connectivity index (χ1) is 33.4. The number of carbonyl (C=O) groups excluding carboxylic acids is 2. The zero-order valence-corrected chi connectivity index (χ0v) is 40.9. The highest BCUT2D eigenvalue weighted by molar-refractivity contribution is 7.90. The first-order valence-corrected chi connectivity index (χ1v) is 26.1. The molecule has 3 aromatic carbocycles. The maximum atomic E-state index is 14.3. The number of fused-ring (bicyclic) bond motifs is 2. The van der Waals surface area contributed by atoms with Gasteiger partial charge in [-0.3, -0.25) is 24.6 Å². The zero-order chi connectivity index (χ0) is 49.1. The first kappa shape index (κ1) is 47.4. The number of sulfonamides is 1. The monoisotopic (exact) mass is 974 g/mol. The number of pyridine rings is 1. The Morgan fingerprint density at radius 3 is 2.47 bits per heavy atom. The molecular formula is C52H62N8O9S. The number of aromatic nitrogens is 2. The van der Waals surface area contributed by atoms with Crippen molar-refractivity contribution in [2.45, 2.75) is 126 Å². The van der Waals surface area contributed by atoms with E-state index in [2.05, 4.69) is 73.2 Å². The lowest BCUT2D eigenvalue weighted by Crippen LogP contribution is -2.54. The number of nitro benzene ring substituents is 1. The number of H-pyrrole nitrogens is 1. The number of ether oxygens (including phenoxy) is 2. The van der Waals surface area contributed by atoms with Crippen LogP contribution in [0.1, 0.15) is 125 Å². The Morgan fingerprint density at radius 1 is 0.986 bits per heavy atom. The molecule has 4 fully saturated rings. The number of likely N-dealkylation sites (tertiary alicyclic amines) is 1. The topological polar surface area (TPSA) is 221 Å². The number of anilines is 3. The van der Waals surface area contributed by atoms with Crippen molar-refractivity contribution in [2.75, 3.05) is 41.8 Å². The number of nitrogens with one attached hydrogen (secondary N) is 4. The molecule has 0 bridgehead atoms. The molecule has 2 saturated heterocycles. The second-order valence-electron chi connectivity index (χ2n) is 20.8. The summed E-state index contributed by atoms with van der Waals surface area (Å²) in [5.74, 6) is -0.690. The molecule has 370 valence electrons. The van der Waals surface area contributed by atoms with Crippen molar-refractivity contribution in [3.8, 4) is 17.2 Å². The third-order valence-corrected chi connectivity index (χ3v) is 17.0. The summed E-state index contributed by atoms with van der Waals surface area (Å²) >= 11 is 0. The molecule has 0 radical (unpaired) electrons. The molecule has 5 aromatic rings. The van der Waals surface area contributed by atoms with Gasteiger partial charge in [0.25, 0.3) is 21.6 Å². The summed E-state index contributed by atoms with van der Waals surface area (Å²) < 4.78 is 42.8. The molecular weight excluding hydrogens is 913 g/mol. The molecule has 3 aliphatic heterocycles. The number of hydrogen-bond acceptors (Lipinski definition) is 13. The van der Waals surface area contributed by atoms with Crippen molar-refractivity contribution in [3.05, 3.63) is 99.7 Å². The molecule has 0 unspecified atom stereocenters. The van der Waals surface area contributed by atoms with Crippen LogP contribution in [0.3, 0.4) is 0 Å². The summed E-state index contributed by atoms with van der Waals surface area (Å²) in [6.45, 7) is 10.5. The number of nitrogens with zero attached hydrogens (tertiary/aromatic N) is 4. The maximum absolute atomic E-state index is 14.3. The minimum Gasteiger partial charge on any atom is -0.489 e. The standard InChI is InChI=1S/C52H62N8O9S/c1-31(2)38-8-5-6-9-39(38)42-10-7-21-59(42)36-28-52(29-36)18-22-58(23-19-52)35-11-12-40(44(25-35)69-46-24-34-15-20-53-48(34)56-49(46)54-32(3)61)50(62)57-70(66,67)37-26-43(60(64)65)47-45(27-37)68-30-41(55-47)33-13-16-51(4,63)17-14-33/h5-6,8-9,11-12,15,20,24-27,31,33,36,41-42,55,63H,7,10,13-14,16-19,21-23,28-30H2,1-4H3,(H,57,62)(H2,53,54,56,61)/t33?,41-,42+,51?/m1/s1. The summed E-state index contributed by atoms with van der Waals surface area (Å²) in [6.07, 6.45) is 11.0. The summed E-state index contributed by atoms with van der Waals surface area (Å²) in [5, 5.41) is 29.5. The van der Waals surface area contributed by atoms with Gasteiger partial charge >= 0.3 is 0 Å². The molecule has 2 atom stereocenters. The molecule has 2 saturated carbocycles. The van der Waals surface area contributed by atoms with E-state index in [9.17, 15) is 33.2 Å². The van der Waals surface area contributed by atoms with Gasteiger partial charge in [0.05, 0.1) is 27.0 Å². The van der Waals surface area contributed by atoms with Crippen LogP contribution in [0.15, 0.2) is 77.8 Å². The quantitative estimate of drug-likeness (QED) is 0.0582. The third kappa shape index (κ3) is 9.40. The van der Waals surface area contributed by atoms with Gasteiger partial charge in [-0.25, -0.2) is 18.1 Å². The minimum atomic E-state index is -4.74. The summed E-state index contributed by atoms with van der Waals surface area (Å²) in [4.78, 5) is 50.5. The van der Waals surface area contributed by atoms with Crippen LogP contribution < -0.4 is 29.7 Å². The molecule has 1 spiro atoms. The molecule has 18 heteroatoms. The van der Waals surface area contributed by atoms with E-state index in [4.69, 9.17) is 9.47 Å². The van der Waals surface area contributed by atoms with Crippen LogP contribution in [0.2, 0.25) is 0 Å². The zero-order valence-electron chi connectivity index (χ0n) is 40.1. The second kappa shape index (κ2) is 18.5. The number of nitro groups is 1. The van der Waals surface area contributed by atoms with Gasteiger partial charge in [-0.2, -0.15) is 0 Å². The number of amides is 2. The van der Waals surface area contributed by atoms with E-state index in [1.54, 1.807) is 37.4 Å². The highest BCUT2D eigenvalue weighted by Gasteiger charge is 2.50. The highest BCUT2D eigenvalue weighted by atomic mass is 32.2. The van der Waals surface area contributed by atoms with Gasteiger partial charge in [-0.05, 0) is 130 Å². The maximum Gasteiger partial charge on any atom is 0.297 e. The van der Waals surface area contributed by atoms with Crippen LogP contribution in [-0.2, 0) is 14.8 Å². The molecule has 5 N–H and O–H groups in total. The Labute approximate surface area is 407 Å². The smallest absolute Gasteiger partial charge is 0.297 e. The van der Waals surface area contributed by atoms with Gasteiger partial charge in [0, 0.05) is 67.6 Å². The van der Waals surface area contributed by atoms with E-state index in [0.717, 1.165) is 57.1 Å². The Kier molecular flexibility index (Phi) is 12.5. The lowest BCUT2D eigenvalue weighted by Gasteiger charge is -2.56.